The fraction of sp³-hybridized carbons (Fsp3) is 0.500. The normalized spacial score (nSPS) is 12.3. The first-order valence-corrected chi connectivity index (χ1v) is 5.81. The molecule has 0 radical (unpaired) electrons. The second-order valence-electron chi connectivity index (χ2n) is 4.41. The SMILES string of the molecule is CNC(CC(=O)OC)c1cc(C)c(C)cc1C. The maximum atomic E-state index is 11.4. The highest BCUT2D eigenvalue weighted by Gasteiger charge is 2.17. The fourth-order valence-electron chi connectivity index (χ4n) is 1.98. The first kappa shape index (κ1) is 13.7. The van der Waals surface area contributed by atoms with Gasteiger partial charge in [0.1, 0.15) is 0 Å². The molecule has 1 aromatic rings. The smallest absolute Gasteiger partial charge is 0.307 e. The van der Waals surface area contributed by atoms with Crippen molar-refractivity contribution < 1.29 is 9.53 Å². The number of esters is 1. The van der Waals surface area contributed by atoms with E-state index in [4.69, 9.17) is 4.74 Å². The lowest BCUT2D eigenvalue weighted by Crippen LogP contribution is -2.21. The molecule has 3 nitrogen and oxygen atoms in total. The van der Waals surface area contributed by atoms with Gasteiger partial charge in [-0.2, -0.15) is 0 Å². The van der Waals surface area contributed by atoms with Crippen LogP contribution in [0.1, 0.15) is 34.7 Å². The van der Waals surface area contributed by atoms with E-state index >= 15 is 0 Å². The van der Waals surface area contributed by atoms with E-state index in [1.165, 1.54) is 29.4 Å². The number of carbonyl (C=O) groups excluding carboxylic acids is 1. The van der Waals surface area contributed by atoms with Crippen molar-refractivity contribution in [3.8, 4) is 0 Å². The summed E-state index contributed by atoms with van der Waals surface area (Å²) in [7, 11) is 3.28. The molecule has 1 atom stereocenters. The molecule has 1 aromatic carbocycles. The summed E-state index contributed by atoms with van der Waals surface area (Å²) in [4.78, 5) is 11.4. The van der Waals surface area contributed by atoms with Gasteiger partial charge in [0.25, 0.3) is 0 Å². The summed E-state index contributed by atoms with van der Waals surface area (Å²) in [6, 6.07) is 4.32. The zero-order valence-corrected chi connectivity index (χ0v) is 11.3. The van der Waals surface area contributed by atoms with E-state index < -0.39 is 0 Å². The molecule has 0 fully saturated rings. The maximum Gasteiger partial charge on any atom is 0.307 e. The summed E-state index contributed by atoms with van der Waals surface area (Å²) in [6.45, 7) is 6.26. The van der Waals surface area contributed by atoms with Gasteiger partial charge in [-0.1, -0.05) is 12.1 Å². The van der Waals surface area contributed by atoms with E-state index in [1.807, 2.05) is 7.05 Å². The first-order valence-electron chi connectivity index (χ1n) is 5.81. The number of hydrogen-bond acceptors (Lipinski definition) is 3. The topological polar surface area (TPSA) is 38.3 Å². The number of ether oxygens (including phenoxy) is 1. The van der Waals surface area contributed by atoms with E-state index in [-0.39, 0.29) is 12.0 Å². The molecule has 0 heterocycles. The Kier molecular flexibility index (Phi) is 4.70. The monoisotopic (exact) mass is 235 g/mol. The predicted octanol–water partition coefficient (Wildman–Crippen LogP) is 2.44. The van der Waals surface area contributed by atoms with Gasteiger partial charge in [0.2, 0.25) is 0 Å². The number of benzene rings is 1. The van der Waals surface area contributed by atoms with Gasteiger partial charge < -0.3 is 10.1 Å². The molecule has 0 aliphatic rings. The Morgan fingerprint density at radius 2 is 1.82 bits per heavy atom. The zero-order chi connectivity index (χ0) is 13.0. The molecule has 0 aliphatic carbocycles. The van der Waals surface area contributed by atoms with Crippen molar-refractivity contribution in [3.63, 3.8) is 0 Å². The van der Waals surface area contributed by atoms with Crippen LogP contribution >= 0.6 is 0 Å². The third-order valence-corrected chi connectivity index (χ3v) is 3.20. The summed E-state index contributed by atoms with van der Waals surface area (Å²) in [5, 5.41) is 3.17. The van der Waals surface area contributed by atoms with Crippen molar-refractivity contribution in [2.24, 2.45) is 0 Å². The van der Waals surface area contributed by atoms with Crippen LogP contribution in [0.4, 0.5) is 0 Å². The molecular formula is C14H21NO2. The van der Waals surface area contributed by atoms with Gasteiger partial charge >= 0.3 is 5.97 Å². The molecule has 0 aliphatic heterocycles. The lowest BCUT2D eigenvalue weighted by Gasteiger charge is -2.19. The average molecular weight is 235 g/mol. The first-order chi connectivity index (χ1) is 7.99. The van der Waals surface area contributed by atoms with Crippen LogP contribution in [0, 0.1) is 20.8 Å². The Labute approximate surface area is 103 Å². The largest absolute Gasteiger partial charge is 0.469 e. The summed E-state index contributed by atoms with van der Waals surface area (Å²) in [5.74, 6) is -0.193. The third kappa shape index (κ3) is 3.30. The molecule has 1 rings (SSSR count). The van der Waals surface area contributed by atoms with Crippen LogP contribution in [0.25, 0.3) is 0 Å². The van der Waals surface area contributed by atoms with Crippen molar-refractivity contribution in [3.05, 3.63) is 34.4 Å². The number of methoxy groups -OCH3 is 1. The van der Waals surface area contributed by atoms with Gasteiger partial charge in [-0.15, -0.1) is 0 Å². The quantitative estimate of drug-likeness (QED) is 0.815. The van der Waals surface area contributed by atoms with Gasteiger partial charge in [-0.3, -0.25) is 4.79 Å². The van der Waals surface area contributed by atoms with Crippen molar-refractivity contribution >= 4 is 5.97 Å². The Morgan fingerprint density at radius 1 is 1.24 bits per heavy atom. The lowest BCUT2D eigenvalue weighted by molar-refractivity contribution is -0.141. The standard InChI is InChI=1S/C14H21NO2/c1-9-6-11(3)12(7-10(9)2)13(15-4)8-14(16)17-5/h6-7,13,15H,8H2,1-5H3. The van der Waals surface area contributed by atoms with E-state index in [0.717, 1.165) is 0 Å². The highest BCUT2D eigenvalue weighted by Crippen LogP contribution is 2.24. The van der Waals surface area contributed by atoms with Crippen LogP contribution in [0.15, 0.2) is 12.1 Å². The van der Waals surface area contributed by atoms with Crippen LogP contribution in [-0.2, 0) is 9.53 Å². The molecule has 0 saturated heterocycles. The fourth-order valence-corrected chi connectivity index (χ4v) is 1.98. The number of carbonyl (C=O) groups is 1. The molecular weight excluding hydrogens is 214 g/mol. The minimum absolute atomic E-state index is 0.0155. The number of rotatable bonds is 4. The van der Waals surface area contributed by atoms with Gasteiger partial charge in [-0.25, -0.2) is 0 Å². The van der Waals surface area contributed by atoms with Gasteiger partial charge in [0.05, 0.1) is 13.5 Å². The van der Waals surface area contributed by atoms with E-state index in [9.17, 15) is 4.79 Å². The van der Waals surface area contributed by atoms with Gasteiger partial charge in [0, 0.05) is 6.04 Å². The molecule has 0 bridgehead atoms. The van der Waals surface area contributed by atoms with Crippen molar-refractivity contribution in [2.75, 3.05) is 14.2 Å². The maximum absolute atomic E-state index is 11.4. The average Bonchev–Trinajstić information content (AvgIpc) is 2.30. The highest BCUT2D eigenvalue weighted by atomic mass is 16.5. The third-order valence-electron chi connectivity index (χ3n) is 3.20. The van der Waals surface area contributed by atoms with Crippen molar-refractivity contribution in [1.82, 2.24) is 5.32 Å². The highest BCUT2D eigenvalue weighted by molar-refractivity contribution is 5.70. The van der Waals surface area contributed by atoms with Crippen LogP contribution in [0.5, 0.6) is 0 Å². The van der Waals surface area contributed by atoms with Crippen LogP contribution < -0.4 is 5.32 Å². The number of hydrogen-bond donors (Lipinski definition) is 1. The molecule has 0 spiro atoms. The molecule has 0 amide bonds. The zero-order valence-electron chi connectivity index (χ0n) is 11.3. The molecule has 1 unspecified atom stereocenters. The second kappa shape index (κ2) is 5.82. The second-order valence-corrected chi connectivity index (χ2v) is 4.41. The molecule has 94 valence electrons. The molecule has 1 N–H and O–H groups in total. The number of nitrogens with one attached hydrogen (secondary N) is 1. The Balaban J connectivity index is 3.03. The minimum atomic E-state index is -0.193. The Hall–Kier alpha value is -1.35. The molecule has 17 heavy (non-hydrogen) atoms. The lowest BCUT2D eigenvalue weighted by atomic mass is 9.94. The van der Waals surface area contributed by atoms with E-state index in [0.29, 0.717) is 6.42 Å². The predicted molar refractivity (Wildman–Crippen MR) is 69.1 cm³/mol. The molecule has 3 heteroatoms. The summed E-state index contributed by atoms with van der Waals surface area (Å²) in [6.07, 6.45) is 0.357. The molecule has 0 saturated carbocycles. The van der Waals surface area contributed by atoms with Crippen molar-refractivity contribution in [1.29, 1.82) is 0 Å². The Bertz CT molecular complexity index is 413. The summed E-state index contributed by atoms with van der Waals surface area (Å²) < 4.78 is 4.72. The number of aryl methyl sites for hydroxylation is 3. The van der Waals surface area contributed by atoms with Crippen molar-refractivity contribution in [2.45, 2.75) is 33.2 Å². The minimum Gasteiger partial charge on any atom is -0.469 e. The van der Waals surface area contributed by atoms with Gasteiger partial charge in [0.15, 0.2) is 0 Å². The Morgan fingerprint density at radius 3 is 2.35 bits per heavy atom. The van der Waals surface area contributed by atoms with E-state index in [1.54, 1.807) is 0 Å². The van der Waals surface area contributed by atoms with Crippen LogP contribution in [0.2, 0.25) is 0 Å². The summed E-state index contributed by atoms with van der Waals surface area (Å²) in [5.41, 5.74) is 4.90. The van der Waals surface area contributed by atoms with Crippen LogP contribution in [-0.4, -0.2) is 20.1 Å². The van der Waals surface area contributed by atoms with Gasteiger partial charge in [-0.05, 0) is 50.1 Å². The molecule has 0 aromatic heterocycles. The van der Waals surface area contributed by atoms with E-state index in [2.05, 4.69) is 38.2 Å². The van der Waals surface area contributed by atoms with Crippen LogP contribution in [0.3, 0.4) is 0 Å². The summed E-state index contributed by atoms with van der Waals surface area (Å²) >= 11 is 0.